The largest absolute Gasteiger partial charge is 0.489 e. The third-order valence-electron chi connectivity index (χ3n) is 7.06. The van der Waals surface area contributed by atoms with Crippen LogP contribution in [0.15, 0.2) is 66.7 Å². The van der Waals surface area contributed by atoms with Gasteiger partial charge in [0.25, 0.3) is 0 Å². The molecule has 0 radical (unpaired) electrons. The van der Waals surface area contributed by atoms with Crippen molar-refractivity contribution in [2.75, 3.05) is 0 Å². The van der Waals surface area contributed by atoms with Crippen molar-refractivity contribution in [2.24, 2.45) is 0 Å². The lowest BCUT2D eigenvalue weighted by Gasteiger charge is -2.42. The summed E-state index contributed by atoms with van der Waals surface area (Å²) in [6.45, 7) is 9.06. The van der Waals surface area contributed by atoms with Gasteiger partial charge < -0.3 is 9.84 Å². The smallest absolute Gasteiger partial charge is 0.335 e. The number of fused-ring (bicyclic) bond motifs is 1. The molecular weight excluding hydrogens is 455 g/mol. The molecule has 3 aromatic rings. The standard InChI is InChI=1S/C31H31FO4/c1-30(2)15-16-31(3,4)28-25(30)17-23(18-27(28)36-19-21-7-12-24(32)13-8-21)26(33)14-9-20-5-10-22(11-6-20)29(34)35/h5-14,17-18H,15-16,19H2,1-4H3,(H,34,35)/b14-9+. The number of carbonyl (C=O) groups excluding carboxylic acids is 1. The molecular formula is C31H31FO4. The van der Waals surface area contributed by atoms with Crippen molar-refractivity contribution in [1.82, 2.24) is 0 Å². The number of hydrogen-bond acceptors (Lipinski definition) is 3. The van der Waals surface area contributed by atoms with Crippen LogP contribution in [0, 0.1) is 5.82 Å². The molecule has 0 aliphatic heterocycles. The minimum Gasteiger partial charge on any atom is -0.489 e. The Hall–Kier alpha value is -3.73. The SMILES string of the molecule is CC1(C)CCC(C)(C)c2c(OCc3ccc(F)cc3)cc(C(=O)/C=C/c3ccc(C(=O)O)cc3)cc21. The third-order valence-corrected chi connectivity index (χ3v) is 7.06. The maximum absolute atomic E-state index is 13.3. The Labute approximate surface area is 211 Å². The van der Waals surface area contributed by atoms with Gasteiger partial charge in [0.15, 0.2) is 5.78 Å². The van der Waals surface area contributed by atoms with Crippen LogP contribution in [0.1, 0.15) is 83.5 Å². The van der Waals surface area contributed by atoms with Crippen molar-refractivity contribution < 1.29 is 23.8 Å². The summed E-state index contributed by atoms with van der Waals surface area (Å²) < 4.78 is 19.6. The summed E-state index contributed by atoms with van der Waals surface area (Å²) in [5.41, 5.74) is 4.30. The second-order valence-corrected chi connectivity index (χ2v) is 10.7. The van der Waals surface area contributed by atoms with Gasteiger partial charge in [-0.05, 0) is 82.8 Å². The van der Waals surface area contributed by atoms with E-state index in [4.69, 9.17) is 9.84 Å². The predicted molar refractivity (Wildman–Crippen MR) is 139 cm³/mol. The van der Waals surface area contributed by atoms with E-state index >= 15 is 0 Å². The molecule has 186 valence electrons. The number of carboxylic acid groups (broad SMARTS) is 1. The number of benzene rings is 3. The zero-order valence-electron chi connectivity index (χ0n) is 21.1. The van der Waals surface area contributed by atoms with Gasteiger partial charge in [-0.2, -0.15) is 0 Å². The molecule has 36 heavy (non-hydrogen) atoms. The van der Waals surface area contributed by atoms with Crippen LogP contribution >= 0.6 is 0 Å². The van der Waals surface area contributed by atoms with Crippen LogP contribution in [0.3, 0.4) is 0 Å². The van der Waals surface area contributed by atoms with Crippen LogP contribution in [0.2, 0.25) is 0 Å². The van der Waals surface area contributed by atoms with E-state index in [0.717, 1.165) is 35.1 Å². The summed E-state index contributed by atoms with van der Waals surface area (Å²) in [6.07, 6.45) is 5.18. The van der Waals surface area contributed by atoms with E-state index in [9.17, 15) is 14.0 Å². The van der Waals surface area contributed by atoms with Gasteiger partial charge >= 0.3 is 5.97 Å². The number of halogens is 1. The van der Waals surface area contributed by atoms with Gasteiger partial charge in [0.05, 0.1) is 5.56 Å². The fourth-order valence-electron chi connectivity index (χ4n) is 4.73. The van der Waals surface area contributed by atoms with Crippen LogP contribution in [0.5, 0.6) is 5.75 Å². The van der Waals surface area contributed by atoms with Gasteiger partial charge in [-0.1, -0.05) is 58.0 Å². The first kappa shape index (κ1) is 25.4. The molecule has 0 saturated heterocycles. The summed E-state index contributed by atoms with van der Waals surface area (Å²) in [5.74, 6) is -0.770. The van der Waals surface area contributed by atoms with Crippen LogP contribution in [-0.4, -0.2) is 16.9 Å². The predicted octanol–water partition coefficient (Wildman–Crippen LogP) is 7.35. The molecule has 0 saturated carbocycles. The van der Waals surface area contributed by atoms with Crippen LogP contribution in [0.4, 0.5) is 4.39 Å². The molecule has 0 atom stereocenters. The van der Waals surface area contributed by atoms with Crippen molar-refractivity contribution in [2.45, 2.75) is 58.0 Å². The first-order chi connectivity index (χ1) is 17.0. The zero-order chi connectivity index (χ0) is 26.1. The van der Waals surface area contributed by atoms with Gasteiger partial charge in [-0.15, -0.1) is 0 Å². The number of hydrogen-bond donors (Lipinski definition) is 1. The number of aromatic carboxylic acids is 1. The summed E-state index contributed by atoms with van der Waals surface area (Å²) in [7, 11) is 0. The highest BCUT2D eigenvalue weighted by atomic mass is 19.1. The van der Waals surface area contributed by atoms with Gasteiger partial charge in [0.2, 0.25) is 0 Å². The van der Waals surface area contributed by atoms with E-state index in [1.807, 2.05) is 12.1 Å². The van der Waals surface area contributed by atoms with E-state index < -0.39 is 5.97 Å². The first-order valence-corrected chi connectivity index (χ1v) is 12.1. The Kier molecular flexibility index (Phi) is 6.85. The summed E-state index contributed by atoms with van der Waals surface area (Å²) in [6, 6.07) is 16.4. The zero-order valence-corrected chi connectivity index (χ0v) is 21.1. The lowest BCUT2D eigenvalue weighted by molar-refractivity contribution is 0.0696. The molecule has 0 bridgehead atoms. The average molecular weight is 487 g/mol. The Morgan fingerprint density at radius 2 is 1.56 bits per heavy atom. The van der Waals surface area contributed by atoms with Gasteiger partial charge in [0, 0.05) is 11.1 Å². The number of ketones is 1. The van der Waals surface area contributed by atoms with Crippen LogP contribution in [0.25, 0.3) is 6.08 Å². The van der Waals surface area contributed by atoms with Gasteiger partial charge in [-0.25, -0.2) is 9.18 Å². The number of carbonyl (C=O) groups is 2. The Balaban J connectivity index is 1.69. The minimum atomic E-state index is -0.991. The molecule has 1 N–H and O–H groups in total. The van der Waals surface area contributed by atoms with Crippen molar-refractivity contribution in [3.8, 4) is 5.75 Å². The van der Waals surface area contributed by atoms with Gasteiger partial charge in [0.1, 0.15) is 18.2 Å². The average Bonchev–Trinajstić information content (AvgIpc) is 2.85. The van der Waals surface area contributed by atoms with Crippen molar-refractivity contribution in [3.05, 3.63) is 106 Å². The van der Waals surface area contributed by atoms with Crippen molar-refractivity contribution in [1.29, 1.82) is 0 Å². The fraction of sp³-hybridized carbons (Fsp3) is 0.290. The highest BCUT2D eigenvalue weighted by Gasteiger charge is 2.40. The summed E-state index contributed by atoms with van der Waals surface area (Å²) in [5, 5.41) is 9.07. The maximum Gasteiger partial charge on any atom is 0.335 e. The number of ether oxygens (including phenoxy) is 1. The summed E-state index contributed by atoms with van der Waals surface area (Å²) >= 11 is 0. The highest BCUT2D eigenvalue weighted by Crippen LogP contribution is 2.50. The van der Waals surface area contributed by atoms with Crippen molar-refractivity contribution in [3.63, 3.8) is 0 Å². The van der Waals surface area contributed by atoms with Gasteiger partial charge in [-0.3, -0.25) is 4.79 Å². The maximum atomic E-state index is 13.3. The van der Waals surface area contributed by atoms with E-state index in [1.165, 1.54) is 30.3 Å². The Morgan fingerprint density at radius 3 is 2.19 bits per heavy atom. The number of carboxylic acids is 1. The minimum absolute atomic E-state index is 0.119. The first-order valence-electron chi connectivity index (χ1n) is 12.1. The molecule has 1 aliphatic rings. The molecule has 0 amide bonds. The second kappa shape index (κ2) is 9.73. The van der Waals surface area contributed by atoms with Crippen molar-refractivity contribution >= 4 is 17.8 Å². The molecule has 4 nitrogen and oxygen atoms in total. The lowest BCUT2D eigenvalue weighted by atomic mass is 9.62. The number of rotatable bonds is 7. The Morgan fingerprint density at radius 1 is 0.917 bits per heavy atom. The molecule has 3 aromatic carbocycles. The van der Waals surface area contributed by atoms with E-state index in [0.29, 0.717) is 11.3 Å². The molecule has 1 aliphatic carbocycles. The van der Waals surface area contributed by atoms with E-state index in [2.05, 4.69) is 27.7 Å². The van der Waals surface area contributed by atoms with Crippen LogP contribution < -0.4 is 4.74 Å². The highest BCUT2D eigenvalue weighted by molar-refractivity contribution is 6.07. The van der Waals surface area contributed by atoms with Crippen LogP contribution in [-0.2, 0) is 17.4 Å². The quantitative estimate of drug-likeness (QED) is 0.280. The van der Waals surface area contributed by atoms with E-state index in [1.54, 1.807) is 30.3 Å². The molecule has 0 spiro atoms. The Bertz CT molecular complexity index is 1320. The fourth-order valence-corrected chi connectivity index (χ4v) is 4.73. The summed E-state index contributed by atoms with van der Waals surface area (Å²) in [4.78, 5) is 24.3. The topological polar surface area (TPSA) is 63.6 Å². The molecule has 0 unspecified atom stereocenters. The third kappa shape index (κ3) is 5.40. The molecule has 0 fully saturated rings. The molecule has 0 aromatic heterocycles. The molecule has 0 heterocycles. The molecule has 4 rings (SSSR count). The monoisotopic (exact) mass is 486 g/mol. The van der Waals surface area contributed by atoms with E-state index in [-0.39, 0.29) is 34.6 Å². The second-order valence-electron chi connectivity index (χ2n) is 10.7. The number of allylic oxidation sites excluding steroid dienone is 1. The molecule has 5 heteroatoms. The lowest BCUT2D eigenvalue weighted by Crippen LogP contribution is -2.34. The normalized spacial score (nSPS) is 15.9.